The fourth-order valence-electron chi connectivity index (χ4n) is 0.972. The maximum atomic E-state index is 5.74. The number of fused-ring (bicyclic) bond motifs is 1. The summed E-state index contributed by atoms with van der Waals surface area (Å²) in [5.74, 6) is 1.10. The van der Waals surface area contributed by atoms with E-state index in [2.05, 4.69) is 6.07 Å². The van der Waals surface area contributed by atoms with E-state index in [0.717, 1.165) is 11.4 Å². The first-order chi connectivity index (χ1) is 4.88. The number of hydrogen-bond donors (Lipinski definition) is 1. The SMILES string of the molecule is Nc1cccc2c1SSC2. The number of nitrogens with two attached hydrogens (primary N) is 1. The normalized spacial score (nSPS) is 15.2. The van der Waals surface area contributed by atoms with Crippen molar-refractivity contribution >= 4 is 27.3 Å². The first-order valence-corrected chi connectivity index (χ1v) is 5.36. The van der Waals surface area contributed by atoms with Crippen LogP contribution >= 0.6 is 21.6 Å². The van der Waals surface area contributed by atoms with Gasteiger partial charge in [0, 0.05) is 16.3 Å². The molecule has 0 unspecified atom stereocenters. The average molecular weight is 169 g/mol. The van der Waals surface area contributed by atoms with Gasteiger partial charge in [-0.25, -0.2) is 0 Å². The van der Waals surface area contributed by atoms with Gasteiger partial charge >= 0.3 is 0 Å². The summed E-state index contributed by atoms with van der Waals surface area (Å²) < 4.78 is 0. The molecule has 0 atom stereocenters. The fourth-order valence-corrected chi connectivity index (χ4v) is 3.54. The Kier molecular flexibility index (Phi) is 1.54. The van der Waals surface area contributed by atoms with E-state index in [4.69, 9.17) is 5.73 Å². The van der Waals surface area contributed by atoms with Gasteiger partial charge < -0.3 is 5.73 Å². The van der Waals surface area contributed by atoms with Crippen molar-refractivity contribution in [1.29, 1.82) is 0 Å². The highest BCUT2D eigenvalue weighted by molar-refractivity contribution is 8.76. The molecule has 0 aromatic heterocycles. The van der Waals surface area contributed by atoms with Gasteiger partial charge in [-0.3, -0.25) is 0 Å². The molecule has 0 aliphatic carbocycles. The first kappa shape index (κ1) is 6.43. The van der Waals surface area contributed by atoms with Crippen LogP contribution in [-0.2, 0) is 5.75 Å². The van der Waals surface area contributed by atoms with Crippen LogP contribution < -0.4 is 5.73 Å². The van der Waals surface area contributed by atoms with Gasteiger partial charge in [0.15, 0.2) is 0 Å². The van der Waals surface area contributed by atoms with Crippen molar-refractivity contribution in [2.75, 3.05) is 5.73 Å². The minimum atomic E-state index is 0.924. The van der Waals surface area contributed by atoms with Gasteiger partial charge in [-0.2, -0.15) is 0 Å². The highest BCUT2D eigenvalue weighted by atomic mass is 33.1. The molecular weight excluding hydrogens is 162 g/mol. The molecule has 0 amide bonds. The first-order valence-electron chi connectivity index (χ1n) is 3.05. The van der Waals surface area contributed by atoms with Crippen LogP contribution in [0.5, 0.6) is 0 Å². The largest absolute Gasteiger partial charge is 0.398 e. The Morgan fingerprint density at radius 3 is 3.10 bits per heavy atom. The second-order valence-corrected chi connectivity index (χ2v) is 4.49. The number of hydrogen-bond acceptors (Lipinski definition) is 3. The zero-order valence-electron chi connectivity index (χ0n) is 5.33. The zero-order chi connectivity index (χ0) is 6.97. The molecule has 1 nitrogen and oxygen atoms in total. The molecule has 1 aromatic carbocycles. The molecule has 1 heterocycles. The third-order valence-corrected chi connectivity index (χ3v) is 3.90. The lowest BCUT2D eigenvalue weighted by atomic mass is 10.2. The average Bonchev–Trinajstić information content (AvgIpc) is 2.36. The summed E-state index contributed by atoms with van der Waals surface area (Å²) in [6.07, 6.45) is 0. The van der Waals surface area contributed by atoms with Gasteiger partial charge in [-0.05, 0) is 11.6 Å². The van der Waals surface area contributed by atoms with Crippen molar-refractivity contribution in [3.05, 3.63) is 23.8 Å². The molecule has 10 heavy (non-hydrogen) atoms. The number of nitrogen functional groups attached to an aromatic ring is 1. The van der Waals surface area contributed by atoms with E-state index < -0.39 is 0 Å². The Hall–Kier alpha value is -0.280. The van der Waals surface area contributed by atoms with Crippen LogP contribution in [0.15, 0.2) is 23.1 Å². The highest BCUT2D eigenvalue weighted by Crippen LogP contribution is 2.46. The van der Waals surface area contributed by atoms with Crippen LogP contribution in [0.3, 0.4) is 0 Å². The Bertz CT molecular complexity index is 260. The molecule has 0 fully saturated rings. The van der Waals surface area contributed by atoms with Gasteiger partial charge in [0.05, 0.1) is 0 Å². The zero-order valence-corrected chi connectivity index (χ0v) is 6.97. The van der Waals surface area contributed by atoms with Crippen molar-refractivity contribution in [3.8, 4) is 0 Å². The molecule has 2 N–H and O–H groups in total. The van der Waals surface area contributed by atoms with E-state index in [-0.39, 0.29) is 0 Å². The topological polar surface area (TPSA) is 26.0 Å². The van der Waals surface area contributed by atoms with Gasteiger partial charge in [-0.15, -0.1) is 0 Å². The van der Waals surface area contributed by atoms with Crippen LogP contribution in [0.1, 0.15) is 5.56 Å². The summed E-state index contributed by atoms with van der Waals surface area (Å²) in [5.41, 5.74) is 8.05. The minimum Gasteiger partial charge on any atom is -0.398 e. The van der Waals surface area contributed by atoms with E-state index in [0.29, 0.717) is 0 Å². The van der Waals surface area contributed by atoms with E-state index in [1.165, 1.54) is 10.5 Å². The highest BCUT2D eigenvalue weighted by Gasteiger charge is 2.13. The quantitative estimate of drug-likeness (QED) is 0.477. The maximum Gasteiger partial charge on any atom is 0.0464 e. The molecule has 0 saturated heterocycles. The Labute approximate surface area is 67.8 Å². The van der Waals surface area contributed by atoms with Gasteiger partial charge in [0.2, 0.25) is 0 Å². The minimum absolute atomic E-state index is 0.924. The summed E-state index contributed by atoms with van der Waals surface area (Å²) in [4.78, 5) is 1.27. The standard InChI is InChI=1S/C7H7NS2/c8-6-3-1-2-5-4-9-10-7(5)6/h1-3H,4,8H2. The van der Waals surface area contributed by atoms with Gasteiger partial charge in [0.25, 0.3) is 0 Å². The molecule has 0 bridgehead atoms. The molecule has 1 aliphatic heterocycles. The van der Waals surface area contributed by atoms with Gasteiger partial charge in [0.1, 0.15) is 0 Å². The molecule has 1 aliphatic rings. The molecule has 0 radical (unpaired) electrons. The predicted molar refractivity (Wildman–Crippen MR) is 48.0 cm³/mol. The Morgan fingerprint density at radius 2 is 2.30 bits per heavy atom. The molecule has 0 spiro atoms. The third-order valence-electron chi connectivity index (χ3n) is 1.48. The summed E-state index contributed by atoms with van der Waals surface area (Å²) in [5, 5.41) is 0. The number of rotatable bonds is 0. The van der Waals surface area contributed by atoms with Crippen LogP contribution in [0.25, 0.3) is 0 Å². The van der Waals surface area contributed by atoms with Crippen molar-refractivity contribution in [3.63, 3.8) is 0 Å². The summed E-state index contributed by atoms with van der Waals surface area (Å²) in [6, 6.07) is 6.11. The lowest BCUT2D eigenvalue weighted by Crippen LogP contribution is -1.87. The molecule has 0 saturated carbocycles. The smallest absolute Gasteiger partial charge is 0.0464 e. The second-order valence-electron chi connectivity index (χ2n) is 2.18. The van der Waals surface area contributed by atoms with Crippen molar-refractivity contribution in [2.45, 2.75) is 10.6 Å². The van der Waals surface area contributed by atoms with Crippen LogP contribution in [0.2, 0.25) is 0 Å². The number of anilines is 1. The van der Waals surface area contributed by atoms with Crippen molar-refractivity contribution in [1.82, 2.24) is 0 Å². The lowest BCUT2D eigenvalue weighted by Gasteiger charge is -1.98. The summed E-state index contributed by atoms with van der Waals surface area (Å²) >= 11 is 0. The van der Waals surface area contributed by atoms with E-state index in [1.54, 1.807) is 10.8 Å². The van der Waals surface area contributed by atoms with Crippen LogP contribution in [-0.4, -0.2) is 0 Å². The summed E-state index contributed by atoms with van der Waals surface area (Å²) in [6.45, 7) is 0. The second kappa shape index (κ2) is 2.40. The Balaban J connectivity index is 2.59. The van der Waals surface area contributed by atoms with E-state index in [9.17, 15) is 0 Å². The fraction of sp³-hybridized carbons (Fsp3) is 0.143. The van der Waals surface area contributed by atoms with Crippen molar-refractivity contribution < 1.29 is 0 Å². The van der Waals surface area contributed by atoms with Crippen LogP contribution in [0.4, 0.5) is 5.69 Å². The maximum absolute atomic E-state index is 5.74. The monoisotopic (exact) mass is 169 g/mol. The van der Waals surface area contributed by atoms with Gasteiger partial charge in [-0.1, -0.05) is 33.7 Å². The molecule has 3 heteroatoms. The van der Waals surface area contributed by atoms with Crippen LogP contribution in [0, 0.1) is 0 Å². The Morgan fingerprint density at radius 1 is 1.40 bits per heavy atom. The van der Waals surface area contributed by atoms with Crippen molar-refractivity contribution in [2.24, 2.45) is 0 Å². The molecule has 2 rings (SSSR count). The summed E-state index contributed by atoms with van der Waals surface area (Å²) in [7, 11) is 3.64. The molecule has 1 aromatic rings. The predicted octanol–water partition coefficient (Wildman–Crippen LogP) is 2.52. The molecule has 52 valence electrons. The molecular formula is C7H7NS2. The lowest BCUT2D eigenvalue weighted by molar-refractivity contribution is 1.30. The third kappa shape index (κ3) is 0.896. The van der Waals surface area contributed by atoms with E-state index >= 15 is 0 Å². The van der Waals surface area contributed by atoms with E-state index in [1.807, 2.05) is 22.9 Å². The number of benzene rings is 1.